The van der Waals surface area contributed by atoms with Crippen LogP contribution in [0.5, 0.6) is 0 Å². The molecule has 90 valence electrons. The van der Waals surface area contributed by atoms with Crippen LogP contribution < -0.4 is 0 Å². The van der Waals surface area contributed by atoms with E-state index < -0.39 is 0 Å². The van der Waals surface area contributed by atoms with E-state index in [9.17, 15) is 5.11 Å². The number of rotatable bonds is 4. The summed E-state index contributed by atoms with van der Waals surface area (Å²) in [5.74, 6) is 0. The van der Waals surface area contributed by atoms with Crippen molar-refractivity contribution in [1.29, 1.82) is 0 Å². The molecule has 1 unspecified atom stereocenters. The second-order valence-electron chi connectivity index (χ2n) is 4.09. The maximum Gasteiger partial charge on any atom is 0.0972 e. The minimum absolute atomic E-state index is 0.323. The van der Waals surface area contributed by atoms with E-state index in [4.69, 9.17) is 0 Å². The lowest BCUT2D eigenvalue weighted by atomic mass is 10.2. The summed E-state index contributed by atoms with van der Waals surface area (Å²) in [6.45, 7) is 1.79. The highest BCUT2D eigenvalue weighted by atomic mass is 79.9. The van der Waals surface area contributed by atoms with Crippen LogP contribution in [0.1, 0.15) is 23.2 Å². The molecule has 0 fully saturated rings. The summed E-state index contributed by atoms with van der Waals surface area (Å²) in [6.07, 6.45) is 1.16. The van der Waals surface area contributed by atoms with Gasteiger partial charge >= 0.3 is 0 Å². The highest BCUT2D eigenvalue weighted by Crippen LogP contribution is 2.18. The second kappa shape index (κ2) is 5.76. The molecule has 1 aromatic heterocycles. The summed E-state index contributed by atoms with van der Waals surface area (Å²) in [6, 6.07) is 8.25. The minimum Gasteiger partial charge on any atom is -0.393 e. The lowest BCUT2D eigenvalue weighted by Gasteiger charge is -2.00. The van der Waals surface area contributed by atoms with Gasteiger partial charge in [-0.25, -0.2) is 4.98 Å². The van der Waals surface area contributed by atoms with Gasteiger partial charge in [0.25, 0.3) is 0 Å². The predicted molar refractivity (Wildman–Crippen MR) is 74.4 cm³/mol. The average molecular weight is 312 g/mol. The molecule has 0 bridgehead atoms. The first kappa shape index (κ1) is 12.7. The van der Waals surface area contributed by atoms with Gasteiger partial charge in [-0.15, -0.1) is 11.3 Å². The zero-order chi connectivity index (χ0) is 12.3. The van der Waals surface area contributed by atoms with E-state index in [0.29, 0.717) is 6.42 Å². The molecule has 2 nitrogen and oxygen atoms in total. The molecular weight excluding hydrogens is 298 g/mol. The normalized spacial score (nSPS) is 12.6. The van der Waals surface area contributed by atoms with Crippen molar-refractivity contribution >= 4 is 27.3 Å². The lowest BCUT2D eigenvalue weighted by molar-refractivity contribution is 0.194. The standard InChI is InChI=1S/C13H14BrNOS/c1-9(16)5-12-8-17-13(15-12)7-10-3-2-4-11(14)6-10/h2-4,6,8-9,16H,5,7H2,1H3. The van der Waals surface area contributed by atoms with Gasteiger partial charge in [0.05, 0.1) is 16.8 Å². The van der Waals surface area contributed by atoms with Gasteiger partial charge in [0.2, 0.25) is 0 Å². The Kier molecular flexibility index (Phi) is 4.31. The number of benzene rings is 1. The number of hydrogen-bond donors (Lipinski definition) is 1. The van der Waals surface area contributed by atoms with Crippen LogP contribution in [0.25, 0.3) is 0 Å². The number of halogens is 1. The molecule has 2 aromatic rings. The van der Waals surface area contributed by atoms with Crippen LogP contribution in [0.15, 0.2) is 34.1 Å². The summed E-state index contributed by atoms with van der Waals surface area (Å²) in [4.78, 5) is 4.52. The van der Waals surface area contributed by atoms with E-state index in [1.807, 2.05) is 17.5 Å². The van der Waals surface area contributed by atoms with Crippen LogP contribution in [-0.4, -0.2) is 16.2 Å². The van der Waals surface area contributed by atoms with Crippen molar-refractivity contribution in [3.8, 4) is 0 Å². The van der Waals surface area contributed by atoms with Gasteiger partial charge in [0.1, 0.15) is 0 Å². The maximum absolute atomic E-state index is 9.30. The Morgan fingerprint density at radius 2 is 2.29 bits per heavy atom. The van der Waals surface area contributed by atoms with Crippen molar-refractivity contribution in [2.24, 2.45) is 0 Å². The number of thiazole rings is 1. The molecule has 2 rings (SSSR count). The molecule has 17 heavy (non-hydrogen) atoms. The van der Waals surface area contributed by atoms with Crippen LogP contribution in [0.4, 0.5) is 0 Å². The molecule has 0 aliphatic heterocycles. The van der Waals surface area contributed by atoms with Gasteiger partial charge in [-0.1, -0.05) is 28.1 Å². The summed E-state index contributed by atoms with van der Waals surface area (Å²) in [5, 5.41) is 12.4. The van der Waals surface area contributed by atoms with Gasteiger partial charge < -0.3 is 5.11 Å². The predicted octanol–water partition coefficient (Wildman–Crippen LogP) is 3.42. The highest BCUT2D eigenvalue weighted by Gasteiger charge is 2.06. The Labute approximate surface area is 113 Å². The molecule has 0 aliphatic carbocycles. The topological polar surface area (TPSA) is 33.1 Å². The first-order chi connectivity index (χ1) is 8.13. The van der Waals surface area contributed by atoms with Gasteiger partial charge in [0, 0.05) is 22.7 Å². The van der Waals surface area contributed by atoms with Crippen molar-refractivity contribution in [3.05, 3.63) is 50.4 Å². The monoisotopic (exact) mass is 311 g/mol. The van der Waals surface area contributed by atoms with Gasteiger partial charge in [0.15, 0.2) is 0 Å². The molecular formula is C13H14BrNOS. The van der Waals surface area contributed by atoms with Gasteiger partial charge in [-0.05, 0) is 24.6 Å². The third-order valence-electron chi connectivity index (χ3n) is 2.35. The van der Waals surface area contributed by atoms with Crippen LogP contribution in [0.2, 0.25) is 0 Å². The number of nitrogens with zero attached hydrogens (tertiary/aromatic N) is 1. The lowest BCUT2D eigenvalue weighted by Crippen LogP contribution is -2.04. The molecule has 1 aromatic carbocycles. The molecule has 0 spiro atoms. The third-order valence-corrected chi connectivity index (χ3v) is 3.74. The quantitative estimate of drug-likeness (QED) is 0.938. The molecule has 0 aliphatic rings. The Morgan fingerprint density at radius 1 is 1.47 bits per heavy atom. The van der Waals surface area contributed by atoms with E-state index in [0.717, 1.165) is 21.6 Å². The molecule has 0 amide bonds. The van der Waals surface area contributed by atoms with Crippen molar-refractivity contribution < 1.29 is 5.11 Å². The molecule has 1 N–H and O–H groups in total. The Balaban J connectivity index is 2.06. The number of aliphatic hydroxyl groups is 1. The Morgan fingerprint density at radius 3 is 3.00 bits per heavy atom. The van der Waals surface area contributed by atoms with Crippen molar-refractivity contribution in [2.45, 2.75) is 25.9 Å². The first-order valence-corrected chi connectivity index (χ1v) is 7.16. The minimum atomic E-state index is -0.323. The van der Waals surface area contributed by atoms with Crippen molar-refractivity contribution in [2.75, 3.05) is 0 Å². The van der Waals surface area contributed by atoms with E-state index in [2.05, 4.69) is 33.0 Å². The fourth-order valence-corrected chi connectivity index (χ4v) is 2.94. The van der Waals surface area contributed by atoms with Crippen molar-refractivity contribution in [1.82, 2.24) is 4.98 Å². The largest absolute Gasteiger partial charge is 0.393 e. The summed E-state index contributed by atoms with van der Waals surface area (Å²) >= 11 is 5.12. The third kappa shape index (κ3) is 3.91. The van der Waals surface area contributed by atoms with Crippen LogP contribution in [0.3, 0.4) is 0 Å². The zero-order valence-electron chi connectivity index (χ0n) is 9.56. The summed E-state index contributed by atoms with van der Waals surface area (Å²) in [5.41, 5.74) is 2.23. The van der Waals surface area contributed by atoms with Crippen LogP contribution in [0, 0.1) is 0 Å². The zero-order valence-corrected chi connectivity index (χ0v) is 12.0. The number of aliphatic hydroxyl groups excluding tert-OH is 1. The van der Waals surface area contributed by atoms with Gasteiger partial charge in [-0.2, -0.15) is 0 Å². The Bertz CT molecular complexity index is 496. The molecule has 0 saturated carbocycles. The molecule has 1 atom stereocenters. The summed E-state index contributed by atoms with van der Waals surface area (Å²) < 4.78 is 1.09. The molecule has 0 radical (unpaired) electrons. The molecule has 0 saturated heterocycles. The number of aromatic nitrogens is 1. The van der Waals surface area contributed by atoms with E-state index in [1.54, 1.807) is 18.3 Å². The first-order valence-electron chi connectivity index (χ1n) is 5.49. The second-order valence-corrected chi connectivity index (χ2v) is 5.95. The highest BCUT2D eigenvalue weighted by molar-refractivity contribution is 9.10. The Hall–Kier alpha value is -0.710. The van der Waals surface area contributed by atoms with Crippen molar-refractivity contribution in [3.63, 3.8) is 0 Å². The van der Waals surface area contributed by atoms with Crippen LogP contribution in [-0.2, 0) is 12.8 Å². The fraction of sp³-hybridized carbons (Fsp3) is 0.308. The van der Waals surface area contributed by atoms with E-state index >= 15 is 0 Å². The smallest absolute Gasteiger partial charge is 0.0972 e. The fourth-order valence-electron chi connectivity index (χ4n) is 1.65. The molecule has 1 heterocycles. The van der Waals surface area contributed by atoms with Crippen LogP contribution >= 0.6 is 27.3 Å². The maximum atomic E-state index is 9.30. The van der Waals surface area contributed by atoms with E-state index in [-0.39, 0.29) is 6.10 Å². The number of hydrogen-bond acceptors (Lipinski definition) is 3. The molecule has 4 heteroatoms. The summed E-state index contributed by atoms with van der Waals surface area (Å²) in [7, 11) is 0. The average Bonchev–Trinajstić information content (AvgIpc) is 2.64. The van der Waals surface area contributed by atoms with Gasteiger partial charge in [-0.3, -0.25) is 0 Å². The van der Waals surface area contributed by atoms with E-state index in [1.165, 1.54) is 5.56 Å². The SMILES string of the molecule is CC(O)Cc1csc(Cc2cccc(Br)c2)n1.